The van der Waals surface area contributed by atoms with Gasteiger partial charge in [0.15, 0.2) is 0 Å². The standard InChI is InChI=1S/C16H20N2O2/c1-18(16(19)12-20-9-8-17)11-13-6-7-14-4-2-3-5-15(14)10-13/h2-7,10H,8-9,11-12,17H2,1H3. The molecule has 1 amide bonds. The van der Waals surface area contributed by atoms with Crippen molar-refractivity contribution >= 4 is 16.7 Å². The third kappa shape index (κ3) is 3.79. The smallest absolute Gasteiger partial charge is 0.248 e. The van der Waals surface area contributed by atoms with Crippen LogP contribution in [0.25, 0.3) is 10.8 Å². The lowest BCUT2D eigenvalue weighted by atomic mass is 10.1. The number of rotatable bonds is 6. The molecular weight excluding hydrogens is 252 g/mol. The van der Waals surface area contributed by atoms with Crippen LogP contribution in [0.5, 0.6) is 0 Å². The molecule has 0 radical (unpaired) electrons. The Kier molecular flexibility index (Phi) is 5.09. The molecular formula is C16H20N2O2. The van der Waals surface area contributed by atoms with Crippen LogP contribution < -0.4 is 5.73 Å². The Balaban J connectivity index is 1.98. The fourth-order valence-electron chi connectivity index (χ4n) is 2.05. The molecule has 4 nitrogen and oxygen atoms in total. The second kappa shape index (κ2) is 7.03. The van der Waals surface area contributed by atoms with E-state index in [9.17, 15) is 4.79 Å². The van der Waals surface area contributed by atoms with Gasteiger partial charge in [-0.3, -0.25) is 4.79 Å². The molecule has 0 saturated heterocycles. The number of hydrogen-bond donors (Lipinski definition) is 1. The Labute approximate surface area is 119 Å². The van der Waals surface area contributed by atoms with Gasteiger partial charge in [0.25, 0.3) is 0 Å². The molecule has 4 heteroatoms. The number of amides is 1. The van der Waals surface area contributed by atoms with E-state index >= 15 is 0 Å². The Morgan fingerprint density at radius 3 is 2.70 bits per heavy atom. The minimum absolute atomic E-state index is 0.0355. The van der Waals surface area contributed by atoms with Crippen LogP contribution in [-0.2, 0) is 16.1 Å². The Hall–Kier alpha value is -1.91. The number of likely N-dealkylation sites (N-methyl/N-ethyl adjacent to an activating group) is 1. The van der Waals surface area contributed by atoms with Crippen molar-refractivity contribution in [3.63, 3.8) is 0 Å². The molecule has 0 fully saturated rings. The van der Waals surface area contributed by atoms with Crippen molar-refractivity contribution in [1.82, 2.24) is 4.90 Å². The summed E-state index contributed by atoms with van der Waals surface area (Å²) in [6.07, 6.45) is 0. The van der Waals surface area contributed by atoms with Gasteiger partial charge < -0.3 is 15.4 Å². The van der Waals surface area contributed by atoms with Crippen LogP contribution >= 0.6 is 0 Å². The van der Waals surface area contributed by atoms with Crippen molar-refractivity contribution < 1.29 is 9.53 Å². The molecule has 0 atom stereocenters. The van der Waals surface area contributed by atoms with Crippen molar-refractivity contribution in [2.24, 2.45) is 5.73 Å². The maximum atomic E-state index is 11.8. The molecule has 0 aliphatic rings. The average molecular weight is 272 g/mol. The van der Waals surface area contributed by atoms with E-state index in [1.807, 2.05) is 18.2 Å². The Morgan fingerprint density at radius 1 is 1.20 bits per heavy atom. The first kappa shape index (κ1) is 14.5. The highest BCUT2D eigenvalue weighted by molar-refractivity contribution is 5.83. The molecule has 2 N–H and O–H groups in total. The second-order valence-electron chi connectivity index (χ2n) is 4.77. The molecule has 0 unspecified atom stereocenters. The highest BCUT2D eigenvalue weighted by Crippen LogP contribution is 2.16. The third-order valence-corrected chi connectivity index (χ3v) is 3.15. The normalized spacial score (nSPS) is 10.7. The monoisotopic (exact) mass is 272 g/mol. The number of ether oxygens (including phenoxy) is 1. The van der Waals surface area contributed by atoms with Crippen LogP contribution in [0.2, 0.25) is 0 Å². The topological polar surface area (TPSA) is 55.6 Å². The van der Waals surface area contributed by atoms with Gasteiger partial charge in [-0.25, -0.2) is 0 Å². The van der Waals surface area contributed by atoms with E-state index in [2.05, 4.69) is 24.3 Å². The van der Waals surface area contributed by atoms with Crippen LogP contribution in [0, 0.1) is 0 Å². The van der Waals surface area contributed by atoms with E-state index in [1.54, 1.807) is 11.9 Å². The fraction of sp³-hybridized carbons (Fsp3) is 0.312. The average Bonchev–Trinajstić information content (AvgIpc) is 2.47. The van der Waals surface area contributed by atoms with Crippen molar-refractivity contribution in [3.8, 4) is 0 Å². The summed E-state index contributed by atoms with van der Waals surface area (Å²) in [5.74, 6) is -0.0355. The minimum Gasteiger partial charge on any atom is -0.370 e. The number of carbonyl (C=O) groups is 1. The van der Waals surface area contributed by atoms with Gasteiger partial charge in [-0.05, 0) is 22.4 Å². The van der Waals surface area contributed by atoms with Gasteiger partial charge in [0, 0.05) is 20.1 Å². The molecule has 106 valence electrons. The number of nitrogens with two attached hydrogens (primary N) is 1. The molecule has 20 heavy (non-hydrogen) atoms. The van der Waals surface area contributed by atoms with Gasteiger partial charge in [-0.15, -0.1) is 0 Å². The van der Waals surface area contributed by atoms with Gasteiger partial charge in [0.1, 0.15) is 6.61 Å². The molecule has 0 aromatic heterocycles. The quantitative estimate of drug-likeness (QED) is 0.815. The summed E-state index contributed by atoms with van der Waals surface area (Å²) >= 11 is 0. The summed E-state index contributed by atoms with van der Waals surface area (Å²) in [5, 5.41) is 2.39. The molecule has 0 saturated carbocycles. The molecule has 2 aromatic carbocycles. The van der Waals surface area contributed by atoms with E-state index in [4.69, 9.17) is 10.5 Å². The van der Waals surface area contributed by atoms with E-state index in [1.165, 1.54) is 10.8 Å². The zero-order valence-corrected chi connectivity index (χ0v) is 11.7. The first-order chi connectivity index (χ1) is 9.70. The lowest BCUT2D eigenvalue weighted by molar-refractivity contribution is -0.135. The molecule has 2 rings (SSSR count). The highest BCUT2D eigenvalue weighted by atomic mass is 16.5. The van der Waals surface area contributed by atoms with Crippen molar-refractivity contribution in [2.75, 3.05) is 26.8 Å². The van der Waals surface area contributed by atoms with E-state index in [0.29, 0.717) is 19.7 Å². The van der Waals surface area contributed by atoms with E-state index in [-0.39, 0.29) is 12.5 Å². The largest absolute Gasteiger partial charge is 0.370 e. The van der Waals surface area contributed by atoms with Gasteiger partial charge in [-0.1, -0.05) is 36.4 Å². The summed E-state index contributed by atoms with van der Waals surface area (Å²) in [7, 11) is 1.78. The number of carbonyl (C=O) groups excluding carboxylic acids is 1. The van der Waals surface area contributed by atoms with Crippen molar-refractivity contribution in [3.05, 3.63) is 48.0 Å². The van der Waals surface area contributed by atoms with Crippen LogP contribution in [0.15, 0.2) is 42.5 Å². The first-order valence-corrected chi connectivity index (χ1v) is 6.70. The summed E-state index contributed by atoms with van der Waals surface area (Å²) in [4.78, 5) is 13.5. The predicted octanol–water partition coefficient (Wildman–Crippen LogP) is 1.77. The van der Waals surface area contributed by atoms with Gasteiger partial charge in [-0.2, -0.15) is 0 Å². The Bertz CT molecular complexity index is 583. The van der Waals surface area contributed by atoms with Crippen LogP contribution in [-0.4, -0.2) is 37.6 Å². The highest BCUT2D eigenvalue weighted by Gasteiger charge is 2.09. The predicted molar refractivity (Wildman–Crippen MR) is 80.3 cm³/mol. The van der Waals surface area contributed by atoms with Gasteiger partial charge in [0.05, 0.1) is 6.61 Å². The van der Waals surface area contributed by atoms with E-state index < -0.39 is 0 Å². The lowest BCUT2D eigenvalue weighted by Crippen LogP contribution is -2.30. The summed E-state index contributed by atoms with van der Waals surface area (Å²) < 4.78 is 5.16. The summed E-state index contributed by atoms with van der Waals surface area (Å²) in [6.45, 7) is 1.51. The van der Waals surface area contributed by atoms with Crippen LogP contribution in [0.3, 0.4) is 0 Å². The van der Waals surface area contributed by atoms with Gasteiger partial charge >= 0.3 is 0 Å². The minimum atomic E-state index is -0.0355. The van der Waals surface area contributed by atoms with Gasteiger partial charge in [0.2, 0.25) is 5.91 Å². The third-order valence-electron chi connectivity index (χ3n) is 3.15. The number of nitrogens with zero attached hydrogens (tertiary/aromatic N) is 1. The number of fused-ring (bicyclic) bond motifs is 1. The molecule has 0 bridgehead atoms. The summed E-state index contributed by atoms with van der Waals surface area (Å²) in [6, 6.07) is 14.4. The molecule has 0 aliphatic heterocycles. The molecule has 2 aromatic rings. The fourth-order valence-corrected chi connectivity index (χ4v) is 2.05. The Morgan fingerprint density at radius 2 is 1.95 bits per heavy atom. The first-order valence-electron chi connectivity index (χ1n) is 6.70. The second-order valence-corrected chi connectivity index (χ2v) is 4.77. The molecule has 0 heterocycles. The lowest BCUT2D eigenvalue weighted by Gasteiger charge is -2.17. The molecule has 0 aliphatic carbocycles. The van der Waals surface area contributed by atoms with E-state index in [0.717, 1.165) is 5.56 Å². The zero-order chi connectivity index (χ0) is 14.4. The number of hydrogen-bond acceptors (Lipinski definition) is 3. The maximum Gasteiger partial charge on any atom is 0.248 e. The van der Waals surface area contributed by atoms with Crippen molar-refractivity contribution in [1.29, 1.82) is 0 Å². The zero-order valence-electron chi connectivity index (χ0n) is 11.7. The summed E-state index contributed by atoms with van der Waals surface area (Å²) in [5.41, 5.74) is 6.43. The molecule has 0 spiro atoms. The van der Waals surface area contributed by atoms with Crippen LogP contribution in [0.1, 0.15) is 5.56 Å². The number of benzene rings is 2. The van der Waals surface area contributed by atoms with Crippen LogP contribution in [0.4, 0.5) is 0 Å². The maximum absolute atomic E-state index is 11.8. The van der Waals surface area contributed by atoms with Crippen molar-refractivity contribution in [2.45, 2.75) is 6.54 Å². The SMILES string of the molecule is CN(Cc1ccc2ccccc2c1)C(=O)COCCN.